The standard InChI is InChI=1S/C4H2BrS.BrH.Zn/c5-4-2-1-3-6-4;;/h1-2H;1H;/q-1;;. The smallest absolute Gasteiger partial charge is 0 e. The van der Waals surface area contributed by atoms with Gasteiger partial charge in [0.15, 0.2) is 0 Å². The van der Waals surface area contributed by atoms with Crippen molar-refractivity contribution < 1.29 is 19.5 Å². The Morgan fingerprint density at radius 3 is 2.38 bits per heavy atom. The van der Waals surface area contributed by atoms with Crippen LogP contribution >= 0.6 is 44.2 Å². The minimum atomic E-state index is 0. The molecule has 0 N–H and O–H groups in total. The molecule has 0 bridgehead atoms. The van der Waals surface area contributed by atoms with Crippen LogP contribution in [0.25, 0.3) is 0 Å². The molecule has 0 aliphatic rings. The topological polar surface area (TPSA) is 0 Å². The van der Waals surface area contributed by atoms with Crippen molar-refractivity contribution in [1.29, 1.82) is 0 Å². The van der Waals surface area contributed by atoms with Crippen molar-refractivity contribution in [3.8, 4) is 0 Å². The summed E-state index contributed by atoms with van der Waals surface area (Å²) in [4.78, 5) is 0. The molecule has 42 valence electrons. The number of hydrogen-bond donors (Lipinski definition) is 0. The van der Waals surface area contributed by atoms with Gasteiger partial charge in [-0.3, -0.25) is 11.3 Å². The van der Waals surface area contributed by atoms with Crippen LogP contribution in [-0.4, -0.2) is 0 Å². The molecule has 4 heteroatoms. The van der Waals surface area contributed by atoms with E-state index in [2.05, 4.69) is 21.3 Å². The predicted molar refractivity (Wildman–Crippen MR) is 41.2 cm³/mol. The first-order valence-corrected chi connectivity index (χ1v) is 3.12. The van der Waals surface area contributed by atoms with E-state index in [9.17, 15) is 0 Å². The van der Waals surface area contributed by atoms with Gasteiger partial charge in [0.1, 0.15) is 0 Å². The second-order valence-electron chi connectivity index (χ2n) is 0.857. The predicted octanol–water partition coefficient (Wildman–Crippen LogP) is 2.89. The second-order valence-corrected chi connectivity index (χ2v) is 3.12. The number of thiophene rings is 1. The van der Waals surface area contributed by atoms with Crippen molar-refractivity contribution in [2.75, 3.05) is 0 Å². The van der Waals surface area contributed by atoms with Crippen LogP contribution in [0.5, 0.6) is 0 Å². The molecule has 0 aromatic carbocycles. The van der Waals surface area contributed by atoms with Crippen LogP contribution < -0.4 is 0 Å². The van der Waals surface area contributed by atoms with Crippen LogP contribution in [0.2, 0.25) is 0 Å². The minimum absolute atomic E-state index is 0. The van der Waals surface area contributed by atoms with Gasteiger partial charge in [0.2, 0.25) is 0 Å². The molecule has 1 aromatic rings. The van der Waals surface area contributed by atoms with Crippen molar-refractivity contribution in [1.82, 2.24) is 0 Å². The monoisotopic (exact) mass is 305 g/mol. The van der Waals surface area contributed by atoms with Crippen LogP contribution in [0.15, 0.2) is 15.9 Å². The maximum atomic E-state index is 3.27. The van der Waals surface area contributed by atoms with E-state index in [1.54, 1.807) is 11.3 Å². The molecule has 0 unspecified atom stereocenters. The molecule has 1 rings (SSSR count). The van der Waals surface area contributed by atoms with Gasteiger partial charge < -0.3 is 0 Å². The number of hydrogen-bond acceptors (Lipinski definition) is 1. The Balaban J connectivity index is 0. The van der Waals surface area contributed by atoms with Gasteiger partial charge >= 0.3 is 0 Å². The van der Waals surface area contributed by atoms with E-state index in [0.29, 0.717) is 0 Å². The summed E-state index contributed by atoms with van der Waals surface area (Å²) in [5.41, 5.74) is 0. The minimum Gasteiger partial charge on any atom is -0.289 e. The molecule has 0 saturated carbocycles. The molecule has 0 atom stereocenters. The molecule has 0 spiro atoms. The molecule has 0 amide bonds. The van der Waals surface area contributed by atoms with E-state index in [0.717, 1.165) is 3.79 Å². The fourth-order valence-corrected chi connectivity index (χ4v) is 1.02. The molecule has 0 radical (unpaired) electrons. The molecule has 8 heavy (non-hydrogen) atoms. The summed E-state index contributed by atoms with van der Waals surface area (Å²) in [5.74, 6) is 0. The quantitative estimate of drug-likeness (QED) is 0.511. The fraction of sp³-hybridized carbons (Fsp3) is 0. The van der Waals surface area contributed by atoms with Crippen LogP contribution in [0.3, 0.4) is 0 Å². The van der Waals surface area contributed by atoms with Gasteiger partial charge in [0, 0.05) is 19.5 Å². The Hall–Kier alpha value is 1.28. The maximum Gasteiger partial charge on any atom is 0 e. The fourth-order valence-electron chi connectivity index (χ4n) is 0.224. The summed E-state index contributed by atoms with van der Waals surface area (Å²) in [5, 5.41) is 2.92. The van der Waals surface area contributed by atoms with E-state index >= 15 is 0 Å². The SMILES string of the molecule is Br.Brc1cc[c-]s1.[Zn]. The molecule has 0 aliphatic carbocycles. The number of rotatable bonds is 0. The third-order valence-electron chi connectivity index (χ3n) is 0.439. The zero-order chi connectivity index (χ0) is 4.41. The van der Waals surface area contributed by atoms with Crippen molar-refractivity contribution in [2.45, 2.75) is 0 Å². The zero-order valence-corrected chi connectivity index (χ0v) is 11.1. The van der Waals surface area contributed by atoms with Gasteiger partial charge in [-0.15, -0.1) is 38.3 Å². The van der Waals surface area contributed by atoms with E-state index in [1.165, 1.54) is 0 Å². The summed E-state index contributed by atoms with van der Waals surface area (Å²) in [6.07, 6.45) is 0. The van der Waals surface area contributed by atoms with E-state index in [1.807, 2.05) is 12.1 Å². The second kappa shape index (κ2) is 6.40. The molecular formula is C4H3Br2SZn-. The zero-order valence-electron chi connectivity index (χ0n) is 4.06. The van der Waals surface area contributed by atoms with E-state index in [4.69, 9.17) is 0 Å². The first-order valence-electron chi connectivity index (χ1n) is 1.51. The summed E-state index contributed by atoms with van der Waals surface area (Å²) in [6.45, 7) is 0. The van der Waals surface area contributed by atoms with Gasteiger partial charge in [0.25, 0.3) is 0 Å². The summed E-state index contributed by atoms with van der Waals surface area (Å²) in [6, 6.07) is 3.85. The van der Waals surface area contributed by atoms with Gasteiger partial charge in [-0.25, -0.2) is 0 Å². The van der Waals surface area contributed by atoms with E-state index in [-0.39, 0.29) is 36.5 Å². The average Bonchev–Trinajstić information content (AvgIpc) is 1.86. The molecular weight excluding hydrogens is 305 g/mol. The van der Waals surface area contributed by atoms with Gasteiger partial charge in [-0.05, 0) is 0 Å². The van der Waals surface area contributed by atoms with Crippen molar-refractivity contribution in [3.63, 3.8) is 0 Å². The van der Waals surface area contributed by atoms with Crippen LogP contribution in [-0.2, 0) is 19.5 Å². The average molecular weight is 308 g/mol. The molecule has 0 aliphatic heterocycles. The Kier molecular flexibility index (Phi) is 9.61. The van der Waals surface area contributed by atoms with Crippen molar-refractivity contribution in [2.24, 2.45) is 0 Å². The Morgan fingerprint density at radius 2 is 2.25 bits per heavy atom. The Morgan fingerprint density at radius 1 is 1.62 bits per heavy atom. The van der Waals surface area contributed by atoms with Crippen molar-refractivity contribution in [3.05, 3.63) is 21.3 Å². The largest absolute Gasteiger partial charge is 0.289 e. The van der Waals surface area contributed by atoms with Crippen LogP contribution in [0.4, 0.5) is 0 Å². The summed E-state index contributed by atoms with van der Waals surface area (Å²) < 4.78 is 1.14. The Bertz CT molecular complexity index is 118. The van der Waals surface area contributed by atoms with Crippen molar-refractivity contribution >= 4 is 44.2 Å². The Labute approximate surface area is 84.3 Å². The van der Waals surface area contributed by atoms with Crippen LogP contribution in [0.1, 0.15) is 0 Å². The first-order chi connectivity index (χ1) is 2.89. The normalized spacial score (nSPS) is 6.62. The van der Waals surface area contributed by atoms with Gasteiger partial charge in [-0.2, -0.15) is 12.1 Å². The third-order valence-corrected chi connectivity index (χ3v) is 1.77. The first kappa shape index (κ1) is 12.0. The molecule has 0 fully saturated rings. The molecule has 0 saturated heterocycles. The van der Waals surface area contributed by atoms with Gasteiger partial charge in [-0.1, -0.05) is 3.79 Å². The van der Waals surface area contributed by atoms with Gasteiger partial charge in [0.05, 0.1) is 0 Å². The molecule has 1 heterocycles. The summed E-state index contributed by atoms with van der Waals surface area (Å²) in [7, 11) is 0. The van der Waals surface area contributed by atoms with E-state index < -0.39 is 0 Å². The molecule has 1 aromatic heterocycles. The third kappa shape index (κ3) is 4.19. The number of halogens is 2. The molecule has 0 nitrogen and oxygen atoms in total. The summed E-state index contributed by atoms with van der Waals surface area (Å²) >= 11 is 4.84. The maximum absolute atomic E-state index is 3.27. The van der Waals surface area contributed by atoms with Crippen LogP contribution in [0, 0.1) is 5.38 Å².